The number of carbonyl (C=O) groups excluding carboxylic acids is 1. The standard InChI is InChI=1S/C20H18ClF3N4O4/c1-11-7-12(3-4-15(11)21)14-8-13(9-26-18(14)31-6-5-30-2)17(29)25-10-16-27-19(28-32-16)20(22,23)24/h3-4,7-9H,5-6,10H2,1-2H3,(H,25,29). The van der Waals surface area contributed by atoms with Crippen LogP contribution in [0.4, 0.5) is 13.2 Å². The Hall–Kier alpha value is -3.18. The van der Waals surface area contributed by atoms with Gasteiger partial charge in [0.15, 0.2) is 0 Å². The topological polar surface area (TPSA) is 99.4 Å². The third-order valence-electron chi connectivity index (χ3n) is 4.23. The fourth-order valence-corrected chi connectivity index (χ4v) is 2.75. The van der Waals surface area contributed by atoms with E-state index in [-0.39, 0.29) is 30.5 Å². The molecule has 3 aromatic rings. The quantitative estimate of drug-likeness (QED) is 0.495. The lowest BCUT2D eigenvalue weighted by molar-refractivity contribution is -0.146. The first-order chi connectivity index (χ1) is 15.2. The predicted molar refractivity (Wildman–Crippen MR) is 107 cm³/mol. The molecule has 0 saturated heterocycles. The molecule has 0 saturated carbocycles. The highest BCUT2D eigenvalue weighted by Crippen LogP contribution is 2.32. The first-order valence-electron chi connectivity index (χ1n) is 9.25. The van der Waals surface area contributed by atoms with E-state index in [1.54, 1.807) is 18.2 Å². The number of aryl methyl sites for hydroxylation is 1. The molecule has 1 N–H and O–H groups in total. The highest BCUT2D eigenvalue weighted by molar-refractivity contribution is 6.31. The van der Waals surface area contributed by atoms with E-state index in [0.29, 0.717) is 22.8 Å². The largest absolute Gasteiger partial charge is 0.475 e. The molecule has 2 aromatic heterocycles. The van der Waals surface area contributed by atoms with Gasteiger partial charge in [0.2, 0.25) is 11.8 Å². The van der Waals surface area contributed by atoms with Crippen molar-refractivity contribution in [3.05, 3.63) is 58.3 Å². The van der Waals surface area contributed by atoms with E-state index in [4.69, 9.17) is 21.1 Å². The minimum Gasteiger partial charge on any atom is -0.475 e. The van der Waals surface area contributed by atoms with Gasteiger partial charge in [0, 0.05) is 23.9 Å². The van der Waals surface area contributed by atoms with Crippen molar-refractivity contribution >= 4 is 17.5 Å². The second-order valence-electron chi connectivity index (χ2n) is 6.57. The van der Waals surface area contributed by atoms with Crippen LogP contribution in [-0.2, 0) is 17.5 Å². The van der Waals surface area contributed by atoms with Crippen molar-refractivity contribution in [1.29, 1.82) is 0 Å². The van der Waals surface area contributed by atoms with E-state index >= 15 is 0 Å². The van der Waals surface area contributed by atoms with E-state index in [9.17, 15) is 18.0 Å². The number of halogens is 4. The molecule has 0 unspecified atom stereocenters. The van der Waals surface area contributed by atoms with Crippen molar-refractivity contribution in [2.24, 2.45) is 0 Å². The summed E-state index contributed by atoms with van der Waals surface area (Å²) in [7, 11) is 1.54. The minimum absolute atomic E-state index is 0.155. The Morgan fingerprint density at radius 3 is 2.69 bits per heavy atom. The van der Waals surface area contributed by atoms with Crippen LogP contribution in [0.3, 0.4) is 0 Å². The fourth-order valence-electron chi connectivity index (χ4n) is 2.63. The zero-order valence-corrected chi connectivity index (χ0v) is 17.8. The van der Waals surface area contributed by atoms with Gasteiger partial charge in [-0.1, -0.05) is 22.8 Å². The van der Waals surface area contributed by atoms with E-state index in [2.05, 4.69) is 25.0 Å². The average molecular weight is 471 g/mol. The van der Waals surface area contributed by atoms with Crippen LogP contribution >= 0.6 is 11.6 Å². The number of nitrogens with one attached hydrogen (secondary N) is 1. The normalized spacial score (nSPS) is 11.4. The van der Waals surface area contributed by atoms with Crippen LogP contribution < -0.4 is 10.1 Å². The van der Waals surface area contributed by atoms with E-state index < -0.39 is 17.9 Å². The average Bonchev–Trinajstić information content (AvgIpc) is 3.24. The van der Waals surface area contributed by atoms with Gasteiger partial charge in [-0.05, 0) is 36.2 Å². The summed E-state index contributed by atoms with van der Waals surface area (Å²) >= 11 is 6.10. The van der Waals surface area contributed by atoms with Crippen LogP contribution in [-0.4, -0.2) is 41.4 Å². The van der Waals surface area contributed by atoms with E-state index in [1.807, 2.05) is 13.0 Å². The summed E-state index contributed by atoms with van der Waals surface area (Å²) < 4.78 is 52.8. The Bertz CT molecular complexity index is 1100. The summed E-state index contributed by atoms with van der Waals surface area (Å²) in [5, 5.41) is 5.85. The van der Waals surface area contributed by atoms with Gasteiger partial charge in [-0.25, -0.2) is 4.98 Å². The van der Waals surface area contributed by atoms with Gasteiger partial charge >= 0.3 is 6.18 Å². The van der Waals surface area contributed by atoms with Crippen molar-refractivity contribution in [2.45, 2.75) is 19.6 Å². The number of hydrogen-bond acceptors (Lipinski definition) is 7. The maximum absolute atomic E-state index is 12.6. The molecule has 0 aliphatic heterocycles. The number of rotatable bonds is 8. The van der Waals surface area contributed by atoms with Gasteiger partial charge in [-0.15, -0.1) is 0 Å². The second kappa shape index (κ2) is 9.96. The summed E-state index contributed by atoms with van der Waals surface area (Å²) in [6, 6.07) is 6.85. The van der Waals surface area contributed by atoms with Crippen LogP contribution in [0.2, 0.25) is 5.02 Å². The molecule has 0 atom stereocenters. The number of aromatic nitrogens is 3. The second-order valence-corrected chi connectivity index (χ2v) is 6.98. The van der Waals surface area contributed by atoms with Gasteiger partial charge in [0.25, 0.3) is 11.7 Å². The third kappa shape index (κ3) is 5.74. The minimum atomic E-state index is -4.74. The van der Waals surface area contributed by atoms with Gasteiger partial charge in [0.05, 0.1) is 18.7 Å². The number of carbonyl (C=O) groups is 1. The smallest absolute Gasteiger partial charge is 0.455 e. The van der Waals surface area contributed by atoms with Crippen molar-refractivity contribution in [3.63, 3.8) is 0 Å². The van der Waals surface area contributed by atoms with Crippen LogP contribution in [0, 0.1) is 6.92 Å². The molecule has 170 valence electrons. The van der Waals surface area contributed by atoms with Gasteiger partial charge in [0.1, 0.15) is 6.61 Å². The number of nitrogens with zero attached hydrogens (tertiary/aromatic N) is 3. The van der Waals surface area contributed by atoms with E-state index in [0.717, 1.165) is 5.56 Å². The molecule has 8 nitrogen and oxygen atoms in total. The summed E-state index contributed by atoms with van der Waals surface area (Å²) in [4.78, 5) is 20.0. The highest BCUT2D eigenvalue weighted by atomic mass is 35.5. The van der Waals surface area contributed by atoms with Crippen molar-refractivity contribution in [1.82, 2.24) is 20.4 Å². The summed E-state index contributed by atoms with van der Waals surface area (Å²) in [5.74, 6) is -2.11. The van der Waals surface area contributed by atoms with Gasteiger partial charge in [-0.2, -0.15) is 18.2 Å². The van der Waals surface area contributed by atoms with Gasteiger partial charge < -0.3 is 19.3 Å². The first-order valence-corrected chi connectivity index (χ1v) is 9.63. The molecule has 32 heavy (non-hydrogen) atoms. The highest BCUT2D eigenvalue weighted by Gasteiger charge is 2.37. The zero-order valence-electron chi connectivity index (χ0n) is 17.0. The molecule has 1 aromatic carbocycles. The molecule has 1 amide bonds. The lowest BCUT2D eigenvalue weighted by Crippen LogP contribution is -2.23. The SMILES string of the molecule is COCCOc1ncc(C(=O)NCc2nc(C(F)(F)F)no2)cc1-c1ccc(Cl)c(C)c1. The molecule has 0 radical (unpaired) electrons. The molecule has 0 spiro atoms. The Balaban J connectivity index is 1.82. The van der Waals surface area contributed by atoms with E-state index in [1.165, 1.54) is 13.3 Å². The summed E-state index contributed by atoms with van der Waals surface area (Å²) in [5.41, 5.74) is 2.22. The van der Waals surface area contributed by atoms with Crippen LogP contribution in [0.15, 0.2) is 35.0 Å². The monoisotopic (exact) mass is 470 g/mol. The Kier molecular flexibility index (Phi) is 7.31. The number of ether oxygens (including phenoxy) is 2. The third-order valence-corrected chi connectivity index (χ3v) is 4.65. The lowest BCUT2D eigenvalue weighted by Gasteiger charge is -2.13. The number of hydrogen-bond donors (Lipinski definition) is 1. The molecular formula is C20H18ClF3N4O4. The first kappa shape index (κ1) is 23.5. The van der Waals surface area contributed by atoms with Crippen LogP contribution in [0.25, 0.3) is 11.1 Å². The zero-order chi connectivity index (χ0) is 23.3. The molecule has 0 aliphatic rings. The number of amides is 1. The molecule has 3 rings (SSSR count). The summed E-state index contributed by atoms with van der Waals surface area (Å²) in [6.07, 6.45) is -3.45. The Labute approximate surface area is 185 Å². The molecule has 0 fully saturated rings. The lowest BCUT2D eigenvalue weighted by atomic mass is 10.0. The predicted octanol–water partition coefficient (Wildman–Crippen LogP) is 4.07. The molecule has 12 heteroatoms. The molecule has 0 bridgehead atoms. The van der Waals surface area contributed by atoms with Crippen molar-refractivity contribution < 1.29 is 32.0 Å². The van der Waals surface area contributed by atoms with Crippen molar-refractivity contribution in [3.8, 4) is 17.0 Å². The molecule has 0 aliphatic carbocycles. The number of pyridine rings is 1. The summed E-state index contributed by atoms with van der Waals surface area (Å²) in [6.45, 7) is 2.03. The maximum Gasteiger partial charge on any atom is 0.455 e. The maximum atomic E-state index is 12.6. The Morgan fingerprint density at radius 1 is 1.25 bits per heavy atom. The van der Waals surface area contributed by atoms with Crippen molar-refractivity contribution in [2.75, 3.05) is 20.3 Å². The molecule has 2 heterocycles. The fraction of sp³-hybridized carbons (Fsp3) is 0.300. The van der Waals surface area contributed by atoms with Crippen LogP contribution in [0.5, 0.6) is 5.88 Å². The molecular weight excluding hydrogens is 453 g/mol. The number of benzene rings is 1. The van der Waals surface area contributed by atoms with Gasteiger partial charge in [-0.3, -0.25) is 4.79 Å². The number of methoxy groups -OCH3 is 1. The number of alkyl halides is 3. The Morgan fingerprint density at radius 2 is 2.03 bits per heavy atom. The van der Waals surface area contributed by atoms with Crippen LogP contribution in [0.1, 0.15) is 27.6 Å².